The Morgan fingerprint density at radius 1 is 1.12 bits per heavy atom. The number of carbonyl (C=O) groups excluding carboxylic acids is 2. The minimum atomic E-state index is -0.548. The van der Waals surface area contributed by atoms with Crippen LogP contribution in [0.25, 0.3) is 17.4 Å². The van der Waals surface area contributed by atoms with Gasteiger partial charge < -0.3 is 9.15 Å². The molecule has 0 unspecified atom stereocenters. The van der Waals surface area contributed by atoms with E-state index in [1.54, 1.807) is 30.3 Å². The van der Waals surface area contributed by atoms with Gasteiger partial charge in [0.15, 0.2) is 12.4 Å². The number of ether oxygens (including phenoxy) is 1. The number of esters is 1. The third-order valence-electron chi connectivity index (χ3n) is 4.62. The summed E-state index contributed by atoms with van der Waals surface area (Å²) in [7, 11) is 0. The normalized spacial score (nSPS) is 14.8. The summed E-state index contributed by atoms with van der Waals surface area (Å²) in [5, 5.41) is 0. The van der Waals surface area contributed by atoms with Crippen molar-refractivity contribution in [3.8, 4) is 11.3 Å². The fourth-order valence-electron chi connectivity index (χ4n) is 2.95. The Labute approximate surface area is 197 Å². The molecule has 33 heavy (non-hydrogen) atoms. The van der Waals surface area contributed by atoms with Gasteiger partial charge in [-0.1, -0.05) is 36.1 Å². The first-order valence-corrected chi connectivity index (χ1v) is 11.0. The zero-order valence-corrected chi connectivity index (χ0v) is 18.6. The van der Waals surface area contributed by atoms with E-state index in [1.807, 2.05) is 0 Å². The third-order valence-corrected chi connectivity index (χ3v) is 6.00. The second-order valence-corrected chi connectivity index (χ2v) is 8.60. The number of aromatic nitrogens is 1. The predicted octanol–water partition coefficient (Wildman–Crippen LogP) is 4.95. The number of hydrogen-bond donors (Lipinski definition) is 0. The smallest absolute Gasteiger partial charge is 0.308 e. The van der Waals surface area contributed by atoms with Crippen LogP contribution < -0.4 is 0 Å². The third kappa shape index (κ3) is 5.71. The van der Waals surface area contributed by atoms with Crippen LogP contribution in [-0.4, -0.2) is 32.6 Å². The summed E-state index contributed by atoms with van der Waals surface area (Å²) < 4.78 is 37.1. The molecule has 168 valence electrons. The van der Waals surface area contributed by atoms with Gasteiger partial charge in [0.05, 0.1) is 17.5 Å². The van der Waals surface area contributed by atoms with Crippen molar-refractivity contribution >= 4 is 46.3 Å². The van der Waals surface area contributed by atoms with Gasteiger partial charge >= 0.3 is 5.97 Å². The first-order chi connectivity index (χ1) is 15.9. The van der Waals surface area contributed by atoms with Crippen LogP contribution in [0.3, 0.4) is 0 Å². The highest BCUT2D eigenvalue weighted by molar-refractivity contribution is 8.26. The second-order valence-electron chi connectivity index (χ2n) is 6.92. The van der Waals surface area contributed by atoms with Crippen LogP contribution >= 0.6 is 24.0 Å². The number of carbonyl (C=O) groups is 2. The fourth-order valence-corrected chi connectivity index (χ4v) is 4.25. The van der Waals surface area contributed by atoms with Crippen molar-refractivity contribution in [2.75, 3.05) is 6.54 Å². The minimum absolute atomic E-state index is 0.0661. The maximum Gasteiger partial charge on any atom is 0.308 e. The minimum Gasteiger partial charge on any atom is -0.456 e. The van der Waals surface area contributed by atoms with Crippen LogP contribution in [0.5, 0.6) is 0 Å². The molecule has 0 spiro atoms. The molecule has 0 radical (unpaired) electrons. The molecule has 1 amide bonds. The fraction of sp³-hybridized carbons (Fsp3) is 0.130. The first-order valence-electron chi connectivity index (χ1n) is 9.76. The lowest BCUT2D eigenvalue weighted by Crippen LogP contribution is -2.30. The molecule has 6 nitrogen and oxygen atoms in total. The average Bonchev–Trinajstić information content (AvgIpc) is 3.38. The molecule has 0 atom stereocenters. The van der Waals surface area contributed by atoms with E-state index in [2.05, 4.69) is 4.98 Å². The Balaban J connectivity index is 1.28. The number of thioether (sulfide) groups is 1. The second kappa shape index (κ2) is 10.1. The quantitative estimate of drug-likeness (QED) is 0.266. The average molecular weight is 487 g/mol. The van der Waals surface area contributed by atoms with E-state index in [1.165, 1.54) is 35.4 Å². The number of thiocarbonyl (C=S) groups is 1. The lowest BCUT2D eigenvalue weighted by atomic mass is 10.2. The molecule has 1 aromatic heterocycles. The molecule has 10 heteroatoms. The highest BCUT2D eigenvalue weighted by Gasteiger charge is 2.32. The zero-order chi connectivity index (χ0) is 23.4. The topological polar surface area (TPSA) is 72.6 Å². The van der Waals surface area contributed by atoms with Crippen LogP contribution in [0, 0.1) is 11.6 Å². The molecule has 4 rings (SSSR count). The Bertz CT molecular complexity index is 1220. The number of amides is 1. The lowest BCUT2D eigenvalue weighted by Gasteiger charge is -2.13. The van der Waals surface area contributed by atoms with Crippen molar-refractivity contribution in [3.05, 3.63) is 82.7 Å². The molecule has 1 saturated heterocycles. The van der Waals surface area contributed by atoms with Crippen LogP contribution in [0.1, 0.15) is 17.9 Å². The van der Waals surface area contributed by atoms with E-state index in [0.717, 1.165) is 11.8 Å². The van der Waals surface area contributed by atoms with Crippen LogP contribution in [0.2, 0.25) is 0 Å². The number of benzene rings is 2. The Kier molecular flexibility index (Phi) is 6.95. The summed E-state index contributed by atoms with van der Waals surface area (Å²) in [6.07, 6.45) is 3.02. The molecular formula is C23H16F2N2O4S2. The van der Waals surface area contributed by atoms with E-state index >= 15 is 0 Å². The molecule has 0 aliphatic carbocycles. The van der Waals surface area contributed by atoms with E-state index in [4.69, 9.17) is 21.4 Å². The SMILES string of the molecule is O=C(CCN1C(=O)/C(=C/c2ccc(F)cc2)SC1=S)OCc1ncc(-c2ccc(F)cc2)o1. The van der Waals surface area contributed by atoms with Crippen LogP contribution in [0.4, 0.5) is 8.78 Å². The number of hydrogen-bond acceptors (Lipinski definition) is 7. The number of nitrogens with zero attached hydrogens (tertiary/aromatic N) is 2. The van der Waals surface area contributed by atoms with Gasteiger partial charge in [0.2, 0.25) is 5.89 Å². The summed E-state index contributed by atoms with van der Waals surface area (Å²) >= 11 is 6.37. The Morgan fingerprint density at radius 3 is 2.48 bits per heavy atom. The molecule has 1 aliphatic rings. The van der Waals surface area contributed by atoms with Gasteiger partial charge in [0.25, 0.3) is 5.91 Å². The van der Waals surface area contributed by atoms with Crippen LogP contribution in [0.15, 0.2) is 64.1 Å². The van der Waals surface area contributed by atoms with Crippen molar-refractivity contribution < 1.29 is 27.5 Å². The summed E-state index contributed by atoms with van der Waals surface area (Å²) in [5.74, 6) is -0.983. The molecular weight excluding hydrogens is 470 g/mol. The van der Waals surface area contributed by atoms with Gasteiger partial charge in [-0.15, -0.1) is 0 Å². The summed E-state index contributed by atoms with van der Waals surface area (Å²) in [6.45, 7) is -0.112. The van der Waals surface area contributed by atoms with E-state index in [9.17, 15) is 18.4 Å². The van der Waals surface area contributed by atoms with Crippen molar-refractivity contribution in [3.63, 3.8) is 0 Å². The molecule has 3 aromatic rings. The predicted molar refractivity (Wildman–Crippen MR) is 123 cm³/mol. The molecule has 0 bridgehead atoms. The molecule has 1 aliphatic heterocycles. The van der Waals surface area contributed by atoms with Gasteiger partial charge in [0, 0.05) is 12.1 Å². The number of oxazole rings is 1. The van der Waals surface area contributed by atoms with Gasteiger partial charge in [-0.3, -0.25) is 14.5 Å². The molecule has 2 heterocycles. The van der Waals surface area contributed by atoms with Crippen molar-refractivity contribution in [1.29, 1.82) is 0 Å². The molecule has 0 saturated carbocycles. The maximum absolute atomic E-state index is 13.1. The van der Waals surface area contributed by atoms with Gasteiger partial charge in [-0.25, -0.2) is 13.8 Å². The van der Waals surface area contributed by atoms with Crippen molar-refractivity contribution in [2.45, 2.75) is 13.0 Å². The largest absolute Gasteiger partial charge is 0.456 e. The van der Waals surface area contributed by atoms with Gasteiger partial charge in [0.1, 0.15) is 16.0 Å². The Hall–Kier alpha value is -3.37. The monoisotopic (exact) mass is 486 g/mol. The highest BCUT2D eigenvalue weighted by Crippen LogP contribution is 2.32. The van der Waals surface area contributed by atoms with Crippen molar-refractivity contribution in [2.24, 2.45) is 0 Å². The van der Waals surface area contributed by atoms with Gasteiger partial charge in [-0.05, 0) is 48.0 Å². The van der Waals surface area contributed by atoms with E-state index < -0.39 is 5.97 Å². The Morgan fingerprint density at radius 2 is 1.79 bits per heavy atom. The van der Waals surface area contributed by atoms with Gasteiger partial charge in [-0.2, -0.15) is 0 Å². The van der Waals surface area contributed by atoms with E-state index in [0.29, 0.717) is 26.1 Å². The maximum atomic E-state index is 13.1. The molecule has 2 aromatic carbocycles. The zero-order valence-electron chi connectivity index (χ0n) is 17.0. The van der Waals surface area contributed by atoms with Crippen molar-refractivity contribution in [1.82, 2.24) is 9.88 Å². The standard InChI is InChI=1S/C23H16F2N2O4S2/c24-16-5-1-14(2-6-16)11-19-22(29)27(23(32)33-19)10-9-21(28)30-13-20-26-12-18(31-20)15-3-7-17(25)8-4-15/h1-8,11-12H,9-10,13H2/b19-11-. The lowest BCUT2D eigenvalue weighted by molar-refractivity contribution is -0.145. The summed E-state index contributed by atoms with van der Waals surface area (Å²) in [4.78, 5) is 30.5. The van der Waals surface area contributed by atoms with E-state index in [-0.39, 0.29) is 43.0 Å². The molecule has 0 N–H and O–H groups in total. The number of rotatable bonds is 7. The summed E-state index contributed by atoms with van der Waals surface area (Å²) in [5.41, 5.74) is 1.31. The van der Waals surface area contributed by atoms with Crippen LogP contribution in [-0.2, 0) is 20.9 Å². The highest BCUT2D eigenvalue weighted by atomic mass is 32.2. The number of halogens is 2. The first kappa shape index (κ1) is 22.8. The molecule has 1 fully saturated rings. The summed E-state index contributed by atoms with van der Waals surface area (Å²) in [6, 6.07) is 11.4.